The molecule has 7 heteroatoms. The first kappa shape index (κ1) is 12.4. The van der Waals surface area contributed by atoms with Crippen LogP contribution in [0.25, 0.3) is 0 Å². The molecule has 96 valence electrons. The zero-order valence-electron chi connectivity index (χ0n) is 10.1. The number of ketones is 1. The summed E-state index contributed by atoms with van der Waals surface area (Å²) in [7, 11) is 1.85. The fraction of sp³-hybridized carbons (Fsp3) is 0.545. The molecule has 1 aliphatic carbocycles. The van der Waals surface area contributed by atoms with E-state index in [1.807, 2.05) is 11.9 Å². The summed E-state index contributed by atoms with van der Waals surface area (Å²) in [6.07, 6.45) is 5.15. The summed E-state index contributed by atoms with van der Waals surface area (Å²) in [5, 5.41) is 10.5. The minimum atomic E-state index is -0.525. The van der Waals surface area contributed by atoms with Gasteiger partial charge in [0, 0.05) is 25.9 Å². The largest absolute Gasteiger partial charge is 0.341 e. The minimum Gasteiger partial charge on any atom is -0.341 e. The van der Waals surface area contributed by atoms with Crippen molar-refractivity contribution in [2.75, 3.05) is 11.9 Å². The number of nitro groups is 1. The maximum atomic E-state index is 11.2. The van der Waals surface area contributed by atoms with Crippen LogP contribution in [0.2, 0.25) is 0 Å². The molecule has 0 spiro atoms. The van der Waals surface area contributed by atoms with Crippen LogP contribution in [0.5, 0.6) is 0 Å². The predicted octanol–water partition coefficient (Wildman–Crippen LogP) is 1.33. The first-order valence-electron chi connectivity index (χ1n) is 5.79. The zero-order chi connectivity index (χ0) is 13.1. The van der Waals surface area contributed by atoms with Crippen molar-refractivity contribution in [1.29, 1.82) is 0 Å². The molecule has 0 radical (unpaired) electrons. The lowest BCUT2D eigenvalue weighted by atomic mass is 9.93. The van der Waals surface area contributed by atoms with E-state index in [2.05, 4.69) is 9.97 Å². The van der Waals surface area contributed by atoms with E-state index >= 15 is 0 Å². The quantitative estimate of drug-likeness (QED) is 0.594. The van der Waals surface area contributed by atoms with Gasteiger partial charge in [0.05, 0.1) is 4.92 Å². The van der Waals surface area contributed by atoms with Gasteiger partial charge < -0.3 is 4.90 Å². The summed E-state index contributed by atoms with van der Waals surface area (Å²) < 4.78 is 0. The van der Waals surface area contributed by atoms with Gasteiger partial charge >= 0.3 is 5.69 Å². The van der Waals surface area contributed by atoms with E-state index in [9.17, 15) is 14.9 Å². The monoisotopic (exact) mass is 250 g/mol. The molecule has 0 aliphatic heterocycles. The van der Waals surface area contributed by atoms with E-state index in [1.165, 1.54) is 12.4 Å². The number of Topliss-reactive ketones (excluding diaryl/α,β-unsaturated/α-hetero) is 1. The van der Waals surface area contributed by atoms with Crippen LogP contribution in [0.15, 0.2) is 12.4 Å². The average Bonchev–Trinajstić information content (AvgIpc) is 2.39. The molecule has 0 N–H and O–H groups in total. The third kappa shape index (κ3) is 2.61. The molecule has 0 saturated heterocycles. The minimum absolute atomic E-state index is 0.119. The van der Waals surface area contributed by atoms with Crippen molar-refractivity contribution in [3.05, 3.63) is 22.5 Å². The smallest absolute Gasteiger partial charge is 0.305 e. The van der Waals surface area contributed by atoms with Gasteiger partial charge in [-0.15, -0.1) is 0 Å². The fourth-order valence-corrected chi connectivity index (χ4v) is 2.07. The molecule has 1 aromatic heterocycles. The Morgan fingerprint density at radius 2 is 1.89 bits per heavy atom. The summed E-state index contributed by atoms with van der Waals surface area (Å²) in [5.74, 6) is 0.754. The number of carbonyl (C=O) groups excluding carboxylic acids is 1. The predicted molar refractivity (Wildman–Crippen MR) is 64.4 cm³/mol. The summed E-state index contributed by atoms with van der Waals surface area (Å²) in [6.45, 7) is 0. The molecule has 1 saturated carbocycles. The lowest BCUT2D eigenvalue weighted by Gasteiger charge is -2.30. The Hall–Kier alpha value is -2.05. The first-order valence-corrected chi connectivity index (χ1v) is 5.79. The number of carbonyl (C=O) groups is 1. The molecule has 2 rings (SSSR count). The van der Waals surface area contributed by atoms with Crippen molar-refractivity contribution in [2.24, 2.45) is 0 Å². The van der Waals surface area contributed by atoms with E-state index in [0.717, 1.165) is 12.8 Å². The molecule has 1 aromatic rings. The van der Waals surface area contributed by atoms with Crippen molar-refractivity contribution in [2.45, 2.75) is 31.7 Å². The van der Waals surface area contributed by atoms with Gasteiger partial charge in [-0.3, -0.25) is 14.9 Å². The summed E-state index contributed by atoms with van der Waals surface area (Å²) in [5.41, 5.74) is -0.119. The molecule has 1 aliphatic rings. The van der Waals surface area contributed by atoms with Crippen LogP contribution in [-0.2, 0) is 4.79 Å². The number of hydrogen-bond donors (Lipinski definition) is 0. The molecule has 0 bridgehead atoms. The SMILES string of the molecule is CN(c1ncc([N+](=O)[O-])cn1)C1CCC(=O)CC1. The van der Waals surface area contributed by atoms with Crippen molar-refractivity contribution >= 4 is 17.4 Å². The van der Waals surface area contributed by atoms with Gasteiger partial charge in [0.15, 0.2) is 0 Å². The van der Waals surface area contributed by atoms with Gasteiger partial charge in [-0.25, -0.2) is 9.97 Å². The second-order valence-electron chi connectivity index (χ2n) is 4.38. The Balaban J connectivity index is 2.06. The van der Waals surface area contributed by atoms with Crippen molar-refractivity contribution < 1.29 is 9.72 Å². The number of rotatable bonds is 3. The molecular formula is C11H14N4O3. The summed E-state index contributed by atoms with van der Waals surface area (Å²) >= 11 is 0. The van der Waals surface area contributed by atoms with Gasteiger partial charge in [0.1, 0.15) is 18.2 Å². The highest BCUT2D eigenvalue weighted by Crippen LogP contribution is 2.22. The molecular weight excluding hydrogens is 236 g/mol. The van der Waals surface area contributed by atoms with Crippen LogP contribution in [-0.4, -0.2) is 33.8 Å². The molecule has 0 unspecified atom stereocenters. The fourth-order valence-electron chi connectivity index (χ4n) is 2.07. The third-order valence-corrected chi connectivity index (χ3v) is 3.21. The molecule has 0 aromatic carbocycles. The second-order valence-corrected chi connectivity index (χ2v) is 4.38. The molecule has 0 atom stereocenters. The number of aromatic nitrogens is 2. The van der Waals surface area contributed by atoms with Gasteiger partial charge in [-0.2, -0.15) is 0 Å². The highest BCUT2D eigenvalue weighted by molar-refractivity contribution is 5.79. The normalized spacial score (nSPS) is 16.6. The molecule has 7 nitrogen and oxygen atoms in total. The van der Waals surface area contributed by atoms with Crippen molar-refractivity contribution in [3.63, 3.8) is 0 Å². The second kappa shape index (κ2) is 5.07. The zero-order valence-corrected chi connectivity index (χ0v) is 10.1. The topological polar surface area (TPSA) is 89.2 Å². The Kier molecular flexibility index (Phi) is 3.50. The molecule has 1 heterocycles. The highest BCUT2D eigenvalue weighted by Gasteiger charge is 2.24. The van der Waals surface area contributed by atoms with Crippen LogP contribution in [0.4, 0.5) is 11.6 Å². The number of hydrogen-bond acceptors (Lipinski definition) is 6. The summed E-state index contributed by atoms with van der Waals surface area (Å²) in [4.78, 5) is 31.0. The Morgan fingerprint density at radius 3 is 2.39 bits per heavy atom. The molecule has 1 fully saturated rings. The van der Waals surface area contributed by atoms with Crippen LogP contribution >= 0.6 is 0 Å². The molecule has 18 heavy (non-hydrogen) atoms. The van der Waals surface area contributed by atoms with Crippen LogP contribution in [0.3, 0.4) is 0 Å². The number of anilines is 1. The lowest BCUT2D eigenvalue weighted by Crippen LogP contribution is -2.36. The third-order valence-electron chi connectivity index (χ3n) is 3.21. The lowest BCUT2D eigenvalue weighted by molar-refractivity contribution is -0.385. The summed E-state index contributed by atoms with van der Waals surface area (Å²) in [6, 6.07) is 0.226. The van der Waals surface area contributed by atoms with Crippen LogP contribution in [0.1, 0.15) is 25.7 Å². The Bertz CT molecular complexity index is 450. The first-order chi connectivity index (χ1) is 8.58. The van der Waals surface area contributed by atoms with E-state index < -0.39 is 4.92 Å². The van der Waals surface area contributed by atoms with Gasteiger partial charge in [0.25, 0.3) is 0 Å². The van der Waals surface area contributed by atoms with E-state index in [4.69, 9.17) is 0 Å². The Morgan fingerprint density at radius 1 is 1.33 bits per heavy atom. The van der Waals surface area contributed by atoms with Gasteiger partial charge in [-0.1, -0.05) is 0 Å². The Labute approximate surface area is 104 Å². The maximum Gasteiger partial charge on any atom is 0.305 e. The number of nitrogens with zero attached hydrogens (tertiary/aromatic N) is 4. The molecule has 0 amide bonds. The average molecular weight is 250 g/mol. The van der Waals surface area contributed by atoms with Crippen molar-refractivity contribution in [3.8, 4) is 0 Å². The van der Waals surface area contributed by atoms with Gasteiger partial charge in [0.2, 0.25) is 5.95 Å². The van der Waals surface area contributed by atoms with E-state index in [-0.39, 0.29) is 11.7 Å². The van der Waals surface area contributed by atoms with Crippen LogP contribution < -0.4 is 4.90 Å². The standard InChI is InChI=1S/C11H14N4O3/c1-14(8-2-4-10(16)5-3-8)11-12-6-9(7-13-11)15(17)18/h6-8H,2-5H2,1H3. The van der Waals surface area contributed by atoms with Crippen LogP contribution in [0, 0.1) is 10.1 Å². The van der Waals surface area contributed by atoms with Crippen molar-refractivity contribution in [1.82, 2.24) is 9.97 Å². The highest BCUT2D eigenvalue weighted by atomic mass is 16.6. The van der Waals surface area contributed by atoms with Gasteiger partial charge in [-0.05, 0) is 12.8 Å². The maximum absolute atomic E-state index is 11.2. The van der Waals surface area contributed by atoms with E-state index in [0.29, 0.717) is 24.6 Å². The van der Waals surface area contributed by atoms with E-state index in [1.54, 1.807) is 0 Å².